The van der Waals surface area contributed by atoms with Crippen LogP contribution in [0.1, 0.15) is 30.9 Å². The van der Waals surface area contributed by atoms with Crippen LogP contribution >= 0.6 is 11.3 Å². The van der Waals surface area contributed by atoms with Crippen LogP contribution in [0.15, 0.2) is 47.2 Å². The van der Waals surface area contributed by atoms with E-state index in [-0.39, 0.29) is 18.0 Å². The lowest BCUT2D eigenvalue weighted by Crippen LogP contribution is -2.35. The molecule has 2 aromatic rings. The summed E-state index contributed by atoms with van der Waals surface area (Å²) < 4.78 is 0. The quantitative estimate of drug-likeness (QED) is 0.871. The first-order valence-corrected chi connectivity index (χ1v) is 9.10. The fourth-order valence-electron chi connectivity index (χ4n) is 3.00. The maximum absolute atomic E-state index is 12.4. The van der Waals surface area contributed by atoms with Gasteiger partial charge in [-0.1, -0.05) is 18.2 Å². The van der Waals surface area contributed by atoms with Crippen molar-refractivity contribution < 1.29 is 9.59 Å². The Balaban J connectivity index is 1.44. The summed E-state index contributed by atoms with van der Waals surface area (Å²) in [6.45, 7) is 1.14. The minimum atomic E-state index is -0.287. The largest absolute Gasteiger partial charge is 0.337 e. The maximum Gasteiger partial charge on any atom is 0.319 e. The highest BCUT2D eigenvalue weighted by Gasteiger charge is 2.29. The van der Waals surface area contributed by atoms with Gasteiger partial charge in [0, 0.05) is 25.2 Å². The molecule has 3 amide bonds. The minimum absolute atomic E-state index is 0.101. The number of benzene rings is 1. The van der Waals surface area contributed by atoms with E-state index in [0.29, 0.717) is 13.0 Å². The van der Waals surface area contributed by atoms with Gasteiger partial charge in [-0.2, -0.15) is 11.3 Å². The van der Waals surface area contributed by atoms with E-state index in [1.54, 1.807) is 11.3 Å². The van der Waals surface area contributed by atoms with E-state index < -0.39 is 0 Å². The number of hydrogen-bond donors (Lipinski definition) is 2. The zero-order valence-corrected chi connectivity index (χ0v) is 14.2. The van der Waals surface area contributed by atoms with E-state index in [1.165, 1.54) is 5.56 Å². The number of likely N-dealkylation sites (tertiary alicyclic amines) is 1. The molecule has 6 heteroatoms. The Morgan fingerprint density at radius 1 is 1.21 bits per heavy atom. The van der Waals surface area contributed by atoms with E-state index in [1.807, 2.05) is 40.6 Å². The SMILES string of the molecule is O=C(NCCC(=O)N1CCC[C@@H]1c1ccsc1)Nc1ccccc1. The van der Waals surface area contributed by atoms with Gasteiger partial charge in [-0.25, -0.2) is 4.79 Å². The number of hydrogen-bond acceptors (Lipinski definition) is 3. The molecular formula is C18H21N3O2S. The molecule has 0 unspecified atom stereocenters. The first-order valence-electron chi connectivity index (χ1n) is 8.15. The molecule has 0 bridgehead atoms. The zero-order valence-electron chi connectivity index (χ0n) is 13.4. The van der Waals surface area contributed by atoms with Crippen LogP contribution in [0.5, 0.6) is 0 Å². The predicted octanol–water partition coefficient (Wildman–Crippen LogP) is 3.62. The predicted molar refractivity (Wildman–Crippen MR) is 96.1 cm³/mol. The molecule has 3 rings (SSSR count). The van der Waals surface area contributed by atoms with Crippen LogP contribution < -0.4 is 10.6 Å². The highest BCUT2D eigenvalue weighted by molar-refractivity contribution is 7.08. The van der Waals surface area contributed by atoms with E-state index in [2.05, 4.69) is 22.1 Å². The number of nitrogens with one attached hydrogen (secondary N) is 2. The Hall–Kier alpha value is -2.34. The van der Waals surface area contributed by atoms with Crippen molar-refractivity contribution in [3.05, 3.63) is 52.7 Å². The molecule has 2 heterocycles. The Bertz CT molecular complexity index is 673. The monoisotopic (exact) mass is 343 g/mol. The molecule has 0 saturated carbocycles. The third-order valence-corrected chi connectivity index (χ3v) is 4.86. The van der Waals surface area contributed by atoms with E-state index in [0.717, 1.165) is 25.1 Å². The van der Waals surface area contributed by atoms with Crippen molar-refractivity contribution in [3.63, 3.8) is 0 Å². The van der Waals surface area contributed by atoms with E-state index in [4.69, 9.17) is 0 Å². The summed E-state index contributed by atoms with van der Waals surface area (Å²) in [5.41, 5.74) is 1.96. The van der Waals surface area contributed by atoms with Crippen molar-refractivity contribution in [1.82, 2.24) is 10.2 Å². The molecule has 2 N–H and O–H groups in total. The minimum Gasteiger partial charge on any atom is -0.337 e. The Kier molecular flexibility index (Phi) is 5.48. The maximum atomic E-state index is 12.4. The summed E-state index contributed by atoms with van der Waals surface area (Å²) in [7, 11) is 0. The smallest absolute Gasteiger partial charge is 0.319 e. The number of amides is 3. The number of carbonyl (C=O) groups is 2. The van der Waals surface area contributed by atoms with Crippen LogP contribution in [0.25, 0.3) is 0 Å². The van der Waals surface area contributed by atoms with Crippen molar-refractivity contribution in [2.45, 2.75) is 25.3 Å². The van der Waals surface area contributed by atoms with Gasteiger partial charge in [0.2, 0.25) is 5.91 Å². The molecule has 5 nitrogen and oxygen atoms in total. The lowest BCUT2D eigenvalue weighted by molar-refractivity contribution is -0.132. The normalized spacial score (nSPS) is 16.8. The highest BCUT2D eigenvalue weighted by Crippen LogP contribution is 2.33. The molecule has 126 valence electrons. The van der Waals surface area contributed by atoms with Crippen LogP contribution in [0.3, 0.4) is 0 Å². The number of para-hydroxylation sites is 1. The van der Waals surface area contributed by atoms with Gasteiger partial charge in [0.05, 0.1) is 6.04 Å². The molecule has 0 radical (unpaired) electrons. The standard InChI is InChI=1S/C18H21N3O2S/c22-17(21-11-4-7-16(21)14-9-12-24-13-14)8-10-19-18(23)20-15-5-2-1-3-6-15/h1-3,5-6,9,12-13,16H,4,7-8,10-11H2,(H2,19,20,23)/t16-/m1/s1. The van der Waals surface area contributed by atoms with Gasteiger partial charge >= 0.3 is 6.03 Å². The number of anilines is 1. The molecule has 1 saturated heterocycles. The Morgan fingerprint density at radius 3 is 2.79 bits per heavy atom. The highest BCUT2D eigenvalue weighted by atomic mass is 32.1. The Morgan fingerprint density at radius 2 is 2.04 bits per heavy atom. The summed E-state index contributed by atoms with van der Waals surface area (Å²) >= 11 is 1.66. The average Bonchev–Trinajstić information content (AvgIpc) is 3.26. The van der Waals surface area contributed by atoms with Crippen molar-refractivity contribution in [2.24, 2.45) is 0 Å². The zero-order chi connectivity index (χ0) is 16.8. The van der Waals surface area contributed by atoms with E-state index >= 15 is 0 Å². The number of rotatable bonds is 5. The summed E-state index contributed by atoms with van der Waals surface area (Å²) in [5.74, 6) is 0.101. The van der Waals surface area contributed by atoms with Gasteiger partial charge in [0.15, 0.2) is 0 Å². The van der Waals surface area contributed by atoms with Gasteiger partial charge in [0.25, 0.3) is 0 Å². The molecule has 1 aliphatic heterocycles. The molecule has 24 heavy (non-hydrogen) atoms. The second kappa shape index (κ2) is 7.97. The number of carbonyl (C=O) groups excluding carboxylic acids is 2. The fourth-order valence-corrected chi connectivity index (χ4v) is 3.71. The second-order valence-corrected chi connectivity index (χ2v) is 6.58. The summed E-state index contributed by atoms with van der Waals surface area (Å²) in [6, 6.07) is 11.2. The van der Waals surface area contributed by atoms with Gasteiger partial charge in [-0.3, -0.25) is 4.79 Å². The van der Waals surface area contributed by atoms with Crippen molar-refractivity contribution in [2.75, 3.05) is 18.4 Å². The van der Waals surface area contributed by atoms with Gasteiger partial charge in [-0.05, 0) is 47.4 Å². The average molecular weight is 343 g/mol. The van der Waals surface area contributed by atoms with Crippen LogP contribution in [0.4, 0.5) is 10.5 Å². The van der Waals surface area contributed by atoms with Crippen LogP contribution in [-0.4, -0.2) is 29.9 Å². The molecule has 1 aliphatic rings. The molecule has 0 aliphatic carbocycles. The van der Waals surface area contributed by atoms with Crippen LogP contribution in [0.2, 0.25) is 0 Å². The summed E-state index contributed by atoms with van der Waals surface area (Å²) in [6.07, 6.45) is 2.38. The molecular weight excluding hydrogens is 322 g/mol. The van der Waals surface area contributed by atoms with Crippen molar-refractivity contribution in [1.29, 1.82) is 0 Å². The molecule has 1 fully saturated rings. The molecule has 1 atom stereocenters. The third kappa shape index (κ3) is 4.14. The number of urea groups is 1. The molecule has 1 aromatic carbocycles. The van der Waals surface area contributed by atoms with E-state index in [9.17, 15) is 9.59 Å². The second-order valence-electron chi connectivity index (χ2n) is 5.80. The summed E-state index contributed by atoms with van der Waals surface area (Å²) in [5, 5.41) is 9.64. The lowest BCUT2D eigenvalue weighted by atomic mass is 10.1. The summed E-state index contributed by atoms with van der Waals surface area (Å²) in [4.78, 5) is 26.2. The van der Waals surface area contributed by atoms with Crippen molar-refractivity contribution in [3.8, 4) is 0 Å². The van der Waals surface area contributed by atoms with Gasteiger partial charge < -0.3 is 15.5 Å². The number of thiophene rings is 1. The van der Waals surface area contributed by atoms with Crippen LogP contribution in [-0.2, 0) is 4.79 Å². The van der Waals surface area contributed by atoms with Gasteiger partial charge in [0.1, 0.15) is 0 Å². The molecule has 0 spiro atoms. The third-order valence-electron chi connectivity index (χ3n) is 4.16. The first kappa shape index (κ1) is 16.5. The van der Waals surface area contributed by atoms with Crippen molar-refractivity contribution >= 4 is 29.0 Å². The molecule has 1 aromatic heterocycles. The first-order chi connectivity index (χ1) is 11.7. The topological polar surface area (TPSA) is 61.4 Å². The van der Waals surface area contributed by atoms with Crippen LogP contribution in [0, 0.1) is 0 Å². The Labute approximate surface area is 145 Å². The number of nitrogens with zero attached hydrogens (tertiary/aromatic N) is 1. The lowest BCUT2D eigenvalue weighted by Gasteiger charge is -2.24. The van der Waals surface area contributed by atoms with Gasteiger partial charge in [-0.15, -0.1) is 0 Å². The fraction of sp³-hybridized carbons (Fsp3) is 0.333.